The summed E-state index contributed by atoms with van der Waals surface area (Å²) in [5.41, 5.74) is 6.15. The quantitative estimate of drug-likeness (QED) is 0.268. The number of benzene rings is 3. The Kier molecular flexibility index (Phi) is 7.87. The number of hydrogen-bond donors (Lipinski definition) is 2. The first-order valence-corrected chi connectivity index (χ1v) is 12.3. The zero-order valence-electron chi connectivity index (χ0n) is 18.7. The van der Waals surface area contributed by atoms with E-state index in [0.29, 0.717) is 27.9 Å². The molecule has 0 saturated carbocycles. The molecular weight excluding hydrogens is 462 g/mol. The molecule has 0 amide bonds. The van der Waals surface area contributed by atoms with Gasteiger partial charge < -0.3 is 10.4 Å². The molecule has 1 atom stereocenters. The van der Waals surface area contributed by atoms with E-state index in [1.807, 2.05) is 79.7 Å². The van der Waals surface area contributed by atoms with Crippen molar-refractivity contribution in [3.63, 3.8) is 0 Å². The Balaban J connectivity index is 1.60. The van der Waals surface area contributed by atoms with E-state index in [2.05, 4.69) is 11.4 Å². The highest BCUT2D eigenvalue weighted by Gasteiger charge is 2.17. The summed E-state index contributed by atoms with van der Waals surface area (Å²) in [5, 5.41) is 25.1. The van der Waals surface area contributed by atoms with Crippen LogP contribution in [0.4, 0.5) is 5.69 Å². The van der Waals surface area contributed by atoms with Crippen LogP contribution in [0, 0.1) is 18.3 Å². The van der Waals surface area contributed by atoms with Crippen molar-refractivity contribution < 1.29 is 5.11 Å². The lowest BCUT2D eigenvalue weighted by Gasteiger charge is -2.15. The second kappa shape index (κ2) is 11.2. The molecule has 0 aliphatic rings. The van der Waals surface area contributed by atoms with Crippen molar-refractivity contribution in [2.75, 3.05) is 17.6 Å². The maximum Gasteiger partial charge on any atom is 0.115 e. The average Bonchev–Trinajstić information content (AvgIpc) is 2.87. The van der Waals surface area contributed by atoms with Gasteiger partial charge in [0.2, 0.25) is 0 Å². The van der Waals surface area contributed by atoms with Gasteiger partial charge in [-0.1, -0.05) is 71.8 Å². The van der Waals surface area contributed by atoms with Crippen LogP contribution in [0.2, 0.25) is 5.02 Å². The number of anilines is 1. The summed E-state index contributed by atoms with van der Waals surface area (Å²) in [5.74, 6) is 0.397. The van der Waals surface area contributed by atoms with Crippen LogP contribution in [-0.4, -0.2) is 28.5 Å². The Morgan fingerprint density at radius 1 is 1.00 bits per heavy atom. The van der Waals surface area contributed by atoms with Crippen LogP contribution in [0.3, 0.4) is 0 Å². The number of hydrogen-bond acceptors (Lipinski definition) is 5. The van der Waals surface area contributed by atoms with Gasteiger partial charge in [-0.2, -0.15) is 5.26 Å². The van der Waals surface area contributed by atoms with Gasteiger partial charge in [-0.15, -0.1) is 11.8 Å². The van der Waals surface area contributed by atoms with Crippen LogP contribution in [0.5, 0.6) is 0 Å². The summed E-state index contributed by atoms with van der Waals surface area (Å²) in [7, 11) is 0. The number of rotatable bonds is 8. The zero-order valence-corrected chi connectivity index (χ0v) is 20.3. The fraction of sp³-hybridized carbons (Fsp3) is 0.143. The number of nitrogens with one attached hydrogen (secondary N) is 1. The second-order valence-electron chi connectivity index (χ2n) is 7.93. The number of pyridine rings is 1. The second-order valence-corrected chi connectivity index (χ2v) is 9.38. The van der Waals surface area contributed by atoms with Crippen LogP contribution in [0.25, 0.3) is 22.4 Å². The van der Waals surface area contributed by atoms with Gasteiger partial charge in [0.25, 0.3) is 0 Å². The van der Waals surface area contributed by atoms with Gasteiger partial charge in [0.1, 0.15) is 11.1 Å². The monoisotopic (exact) mass is 485 g/mol. The first-order chi connectivity index (χ1) is 16.5. The summed E-state index contributed by atoms with van der Waals surface area (Å²) in [4.78, 5) is 4.81. The van der Waals surface area contributed by atoms with Gasteiger partial charge in [0.05, 0.1) is 17.4 Å². The smallest absolute Gasteiger partial charge is 0.115 e. The lowest BCUT2D eigenvalue weighted by Crippen LogP contribution is -2.22. The lowest BCUT2D eigenvalue weighted by molar-refractivity contribution is 0.213. The van der Waals surface area contributed by atoms with E-state index in [9.17, 15) is 10.4 Å². The molecule has 1 heterocycles. The Morgan fingerprint density at radius 3 is 2.38 bits per heavy atom. The zero-order chi connectivity index (χ0) is 23.9. The number of aryl methyl sites for hydroxylation is 1. The van der Waals surface area contributed by atoms with Crippen molar-refractivity contribution in [2.24, 2.45) is 0 Å². The van der Waals surface area contributed by atoms with E-state index in [-0.39, 0.29) is 0 Å². The first-order valence-electron chi connectivity index (χ1n) is 10.9. The molecule has 0 unspecified atom stereocenters. The van der Waals surface area contributed by atoms with Crippen molar-refractivity contribution in [3.05, 3.63) is 101 Å². The molecule has 1 aromatic heterocycles. The van der Waals surface area contributed by atoms with E-state index >= 15 is 0 Å². The van der Waals surface area contributed by atoms with E-state index < -0.39 is 6.10 Å². The molecule has 0 aliphatic heterocycles. The maximum absolute atomic E-state index is 10.6. The van der Waals surface area contributed by atoms with Gasteiger partial charge in [0.15, 0.2) is 0 Å². The van der Waals surface area contributed by atoms with Gasteiger partial charge in [0, 0.05) is 34.1 Å². The third-order valence-electron chi connectivity index (χ3n) is 5.33. The number of thioether (sulfide) groups is 1. The summed E-state index contributed by atoms with van der Waals surface area (Å²) in [6.45, 7) is 2.41. The lowest BCUT2D eigenvalue weighted by atomic mass is 9.98. The average molecular weight is 486 g/mol. The molecule has 0 spiro atoms. The van der Waals surface area contributed by atoms with Gasteiger partial charge in [-0.25, -0.2) is 4.98 Å². The fourth-order valence-electron chi connectivity index (χ4n) is 3.49. The van der Waals surface area contributed by atoms with Gasteiger partial charge >= 0.3 is 0 Å². The Labute approximate surface area is 209 Å². The van der Waals surface area contributed by atoms with E-state index in [1.54, 1.807) is 12.1 Å². The van der Waals surface area contributed by atoms with Crippen LogP contribution >= 0.6 is 23.4 Å². The third kappa shape index (κ3) is 5.98. The molecule has 170 valence electrons. The van der Waals surface area contributed by atoms with Crippen LogP contribution in [-0.2, 0) is 0 Å². The molecule has 3 aromatic carbocycles. The number of halogens is 1. The molecule has 4 rings (SSSR count). The van der Waals surface area contributed by atoms with Crippen LogP contribution in [0.15, 0.2) is 90.0 Å². The van der Waals surface area contributed by atoms with E-state index in [1.165, 1.54) is 11.8 Å². The van der Waals surface area contributed by atoms with Gasteiger partial charge in [-0.3, -0.25) is 0 Å². The summed E-state index contributed by atoms with van der Waals surface area (Å²) < 4.78 is 0. The molecule has 0 aliphatic carbocycles. The minimum Gasteiger partial charge on any atom is -0.390 e. The van der Waals surface area contributed by atoms with Crippen molar-refractivity contribution in [1.29, 1.82) is 5.26 Å². The summed E-state index contributed by atoms with van der Waals surface area (Å²) in [6, 6.07) is 29.7. The third-order valence-corrected chi connectivity index (χ3v) is 6.70. The summed E-state index contributed by atoms with van der Waals surface area (Å²) >= 11 is 7.32. The van der Waals surface area contributed by atoms with Crippen molar-refractivity contribution in [3.8, 4) is 28.5 Å². The molecule has 34 heavy (non-hydrogen) atoms. The van der Waals surface area contributed by atoms with Crippen LogP contribution in [0.1, 0.15) is 11.1 Å². The molecule has 4 nitrogen and oxygen atoms in total. The van der Waals surface area contributed by atoms with E-state index in [0.717, 1.165) is 33.6 Å². The van der Waals surface area contributed by atoms with Crippen molar-refractivity contribution in [2.45, 2.75) is 18.1 Å². The Hall–Kier alpha value is -3.30. The molecule has 0 saturated heterocycles. The predicted octanol–water partition coefficient (Wildman–Crippen LogP) is 6.81. The first kappa shape index (κ1) is 23.8. The molecular formula is C28H24ClN3OS. The number of aromatic nitrogens is 1. The Morgan fingerprint density at radius 2 is 1.71 bits per heavy atom. The standard InChI is InChI=1S/C28H24ClN3OS/c1-19-7-9-20(10-8-19)25-15-27(21-5-3-2-4-6-21)32-28(26(25)16-30)34-18-24(33)17-31-23-13-11-22(29)12-14-23/h2-15,24,31,33H,17-18H2,1H3/t24-/m0/s1. The van der Waals surface area contributed by atoms with E-state index in [4.69, 9.17) is 16.6 Å². The normalized spacial score (nSPS) is 11.6. The highest BCUT2D eigenvalue weighted by atomic mass is 35.5. The Bertz CT molecular complexity index is 1290. The molecule has 4 aromatic rings. The minimum atomic E-state index is -0.628. The molecule has 0 radical (unpaired) electrons. The van der Waals surface area contributed by atoms with Crippen LogP contribution < -0.4 is 5.32 Å². The van der Waals surface area contributed by atoms with Crippen molar-refractivity contribution >= 4 is 29.1 Å². The maximum atomic E-state index is 10.6. The molecule has 0 bridgehead atoms. The summed E-state index contributed by atoms with van der Waals surface area (Å²) in [6.07, 6.45) is -0.628. The SMILES string of the molecule is Cc1ccc(-c2cc(-c3ccccc3)nc(SC[C@@H](O)CNc3ccc(Cl)cc3)c2C#N)cc1. The fourth-order valence-corrected chi connectivity index (χ4v) is 4.55. The number of nitrogens with zero attached hydrogens (tertiary/aromatic N) is 2. The minimum absolute atomic E-state index is 0.375. The van der Waals surface area contributed by atoms with Gasteiger partial charge in [-0.05, 0) is 42.8 Å². The number of nitriles is 1. The largest absolute Gasteiger partial charge is 0.390 e. The highest BCUT2D eigenvalue weighted by molar-refractivity contribution is 7.99. The number of aliphatic hydroxyl groups excluding tert-OH is 1. The topological polar surface area (TPSA) is 68.9 Å². The molecule has 0 fully saturated rings. The molecule has 6 heteroatoms. The predicted molar refractivity (Wildman–Crippen MR) is 141 cm³/mol. The van der Waals surface area contributed by atoms with Crippen molar-refractivity contribution in [1.82, 2.24) is 4.98 Å². The number of aliphatic hydroxyl groups is 1. The molecule has 2 N–H and O–H groups in total. The highest BCUT2D eigenvalue weighted by Crippen LogP contribution is 2.34.